The summed E-state index contributed by atoms with van der Waals surface area (Å²) in [6.45, 7) is 2.59. The number of halogens is 2. The van der Waals surface area contributed by atoms with Gasteiger partial charge in [0.2, 0.25) is 0 Å². The van der Waals surface area contributed by atoms with Gasteiger partial charge in [-0.2, -0.15) is 0 Å². The second-order valence-electron chi connectivity index (χ2n) is 4.05. The van der Waals surface area contributed by atoms with E-state index in [0.717, 1.165) is 31.8 Å². The van der Waals surface area contributed by atoms with Gasteiger partial charge in [0.05, 0.1) is 4.47 Å². The van der Waals surface area contributed by atoms with Gasteiger partial charge in [-0.25, -0.2) is 0 Å². The third kappa shape index (κ3) is 3.79. The van der Waals surface area contributed by atoms with Gasteiger partial charge in [0, 0.05) is 21.5 Å². The van der Waals surface area contributed by atoms with E-state index in [1.165, 1.54) is 4.90 Å². The Morgan fingerprint density at radius 2 is 1.95 bits per heavy atom. The van der Waals surface area contributed by atoms with Crippen molar-refractivity contribution in [3.63, 3.8) is 0 Å². The molecule has 0 aliphatic heterocycles. The van der Waals surface area contributed by atoms with Crippen molar-refractivity contribution >= 4 is 43.6 Å². The van der Waals surface area contributed by atoms with E-state index < -0.39 is 0 Å². The summed E-state index contributed by atoms with van der Waals surface area (Å²) >= 11 is 8.72. The minimum Gasteiger partial charge on any atom is -0.456 e. The van der Waals surface area contributed by atoms with Crippen LogP contribution in [0.25, 0.3) is 0 Å². The highest BCUT2D eigenvalue weighted by molar-refractivity contribution is 9.11. The molecule has 0 aliphatic carbocycles. The molecule has 0 unspecified atom stereocenters. The average molecular weight is 417 g/mol. The van der Waals surface area contributed by atoms with Gasteiger partial charge in [0.15, 0.2) is 0 Å². The molecule has 0 fully saturated rings. The Kier molecular flexibility index (Phi) is 5.96. The predicted molar refractivity (Wildman–Crippen MR) is 92.6 cm³/mol. The molecule has 0 saturated heterocycles. The number of thioether (sulfide) groups is 1. The number of ether oxygens (including phenoxy) is 1. The fourth-order valence-electron chi connectivity index (χ4n) is 1.81. The maximum Gasteiger partial charge on any atom is 0.141 e. The van der Waals surface area contributed by atoms with Crippen molar-refractivity contribution in [3.8, 4) is 11.5 Å². The molecule has 0 amide bonds. The van der Waals surface area contributed by atoms with Gasteiger partial charge in [-0.15, -0.1) is 11.8 Å². The van der Waals surface area contributed by atoms with E-state index in [1.54, 1.807) is 11.8 Å². The molecule has 106 valence electrons. The summed E-state index contributed by atoms with van der Waals surface area (Å²) in [7, 11) is 0. The van der Waals surface area contributed by atoms with Gasteiger partial charge < -0.3 is 10.5 Å². The quantitative estimate of drug-likeness (QED) is 0.646. The molecule has 0 radical (unpaired) electrons. The molecule has 0 heterocycles. The zero-order chi connectivity index (χ0) is 14.5. The summed E-state index contributed by atoms with van der Waals surface area (Å²) in [5.74, 6) is 2.61. The lowest BCUT2D eigenvalue weighted by Crippen LogP contribution is -2.02. The highest BCUT2D eigenvalue weighted by atomic mass is 79.9. The van der Waals surface area contributed by atoms with Crippen LogP contribution in [0.1, 0.15) is 12.5 Å². The molecular formula is C15H15Br2NOS. The summed E-state index contributed by atoms with van der Waals surface area (Å²) in [6, 6.07) is 11.9. The Bertz CT molecular complexity index is 604. The van der Waals surface area contributed by atoms with Gasteiger partial charge >= 0.3 is 0 Å². The molecule has 0 spiro atoms. The van der Waals surface area contributed by atoms with Crippen LogP contribution in [-0.4, -0.2) is 5.75 Å². The Labute approximate surface area is 140 Å². The van der Waals surface area contributed by atoms with Crippen LogP contribution in [0.5, 0.6) is 11.5 Å². The molecule has 20 heavy (non-hydrogen) atoms. The van der Waals surface area contributed by atoms with Gasteiger partial charge in [0.1, 0.15) is 11.5 Å². The first kappa shape index (κ1) is 15.9. The number of benzene rings is 2. The number of hydrogen-bond donors (Lipinski definition) is 1. The molecular weight excluding hydrogens is 402 g/mol. The smallest absolute Gasteiger partial charge is 0.141 e. The van der Waals surface area contributed by atoms with Gasteiger partial charge in [-0.1, -0.05) is 28.9 Å². The van der Waals surface area contributed by atoms with Crippen LogP contribution in [0.3, 0.4) is 0 Å². The molecule has 0 aliphatic rings. The van der Waals surface area contributed by atoms with Crippen LogP contribution < -0.4 is 10.5 Å². The van der Waals surface area contributed by atoms with Crippen molar-refractivity contribution in [2.75, 3.05) is 5.75 Å². The van der Waals surface area contributed by atoms with Crippen molar-refractivity contribution in [1.29, 1.82) is 0 Å². The van der Waals surface area contributed by atoms with E-state index >= 15 is 0 Å². The largest absolute Gasteiger partial charge is 0.456 e. The normalized spacial score (nSPS) is 10.6. The second kappa shape index (κ2) is 7.50. The predicted octanol–water partition coefficient (Wildman–Crippen LogP) is 5.57. The van der Waals surface area contributed by atoms with Crippen LogP contribution >= 0.6 is 43.6 Å². The lowest BCUT2D eigenvalue weighted by Gasteiger charge is -2.14. The molecule has 0 bridgehead atoms. The second-order valence-corrected chi connectivity index (χ2v) is 7.12. The standard InChI is InChI=1S/C15H15Br2NOS/c1-2-20-15-5-3-4-13(11(15)9-18)19-14-7-6-10(16)8-12(14)17/h3-8H,2,9,18H2,1H3. The van der Waals surface area contributed by atoms with Crippen LogP contribution in [0.15, 0.2) is 50.2 Å². The highest BCUT2D eigenvalue weighted by Crippen LogP contribution is 2.36. The van der Waals surface area contributed by atoms with E-state index in [1.807, 2.05) is 30.3 Å². The maximum absolute atomic E-state index is 6.01. The van der Waals surface area contributed by atoms with E-state index in [0.29, 0.717) is 6.54 Å². The molecule has 2 aromatic carbocycles. The first-order valence-electron chi connectivity index (χ1n) is 6.23. The molecule has 0 atom stereocenters. The van der Waals surface area contributed by atoms with Crippen LogP contribution in [-0.2, 0) is 6.54 Å². The summed E-state index contributed by atoms with van der Waals surface area (Å²) in [4.78, 5) is 1.18. The molecule has 5 heteroatoms. The maximum atomic E-state index is 6.01. The minimum atomic E-state index is 0.465. The Hall–Kier alpha value is -0.490. The van der Waals surface area contributed by atoms with Gasteiger partial charge in [-0.3, -0.25) is 0 Å². The summed E-state index contributed by atoms with van der Waals surface area (Å²) < 4.78 is 7.92. The van der Waals surface area contributed by atoms with Crippen molar-refractivity contribution in [1.82, 2.24) is 0 Å². The monoisotopic (exact) mass is 415 g/mol. The molecule has 2 rings (SSSR count). The van der Waals surface area contributed by atoms with Crippen LogP contribution in [0, 0.1) is 0 Å². The Balaban J connectivity index is 2.35. The van der Waals surface area contributed by atoms with Crippen molar-refractivity contribution < 1.29 is 4.74 Å². The third-order valence-corrected chi connectivity index (χ3v) is 4.80. The topological polar surface area (TPSA) is 35.2 Å². The zero-order valence-electron chi connectivity index (χ0n) is 11.0. The average Bonchev–Trinajstić information content (AvgIpc) is 2.42. The van der Waals surface area contributed by atoms with E-state index in [2.05, 4.69) is 44.8 Å². The fraction of sp³-hybridized carbons (Fsp3) is 0.200. The first-order chi connectivity index (χ1) is 9.65. The fourth-order valence-corrected chi connectivity index (χ4v) is 3.78. The Morgan fingerprint density at radius 1 is 1.15 bits per heavy atom. The molecule has 0 aromatic heterocycles. The van der Waals surface area contributed by atoms with E-state index in [9.17, 15) is 0 Å². The molecule has 0 saturated carbocycles. The zero-order valence-corrected chi connectivity index (χ0v) is 15.0. The van der Waals surface area contributed by atoms with Gasteiger partial charge in [0.25, 0.3) is 0 Å². The summed E-state index contributed by atoms with van der Waals surface area (Å²) in [6.07, 6.45) is 0. The van der Waals surface area contributed by atoms with Crippen molar-refractivity contribution in [2.45, 2.75) is 18.4 Å². The van der Waals surface area contributed by atoms with Crippen LogP contribution in [0.2, 0.25) is 0 Å². The third-order valence-electron chi connectivity index (χ3n) is 2.71. The minimum absolute atomic E-state index is 0.465. The number of rotatable bonds is 5. The first-order valence-corrected chi connectivity index (χ1v) is 8.80. The molecule has 2 aromatic rings. The van der Waals surface area contributed by atoms with Gasteiger partial charge in [-0.05, 0) is 52.0 Å². The van der Waals surface area contributed by atoms with Crippen molar-refractivity contribution in [3.05, 3.63) is 50.9 Å². The molecule has 2 nitrogen and oxygen atoms in total. The van der Waals surface area contributed by atoms with E-state index in [-0.39, 0.29) is 0 Å². The van der Waals surface area contributed by atoms with Crippen molar-refractivity contribution in [2.24, 2.45) is 5.73 Å². The lowest BCUT2D eigenvalue weighted by atomic mass is 10.2. The highest BCUT2D eigenvalue weighted by Gasteiger charge is 2.11. The molecule has 2 N–H and O–H groups in total. The Morgan fingerprint density at radius 3 is 2.60 bits per heavy atom. The van der Waals surface area contributed by atoms with Crippen LogP contribution in [0.4, 0.5) is 0 Å². The lowest BCUT2D eigenvalue weighted by molar-refractivity contribution is 0.471. The summed E-state index contributed by atoms with van der Waals surface area (Å²) in [5, 5.41) is 0. The number of hydrogen-bond acceptors (Lipinski definition) is 3. The van der Waals surface area contributed by atoms with E-state index in [4.69, 9.17) is 10.5 Å². The number of nitrogens with two attached hydrogens (primary N) is 1. The summed E-state index contributed by atoms with van der Waals surface area (Å²) in [5.41, 5.74) is 6.94. The SMILES string of the molecule is CCSc1cccc(Oc2ccc(Br)cc2Br)c1CN.